The first-order valence-electron chi connectivity index (χ1n) is 7.16. The summed E-state index contributed by atoms with van der Waals surface area (Å²) in [5.74, 6) is 0. The van der Waals surface area contributed by atoms with Crippen molar-refractivity contribution in [2.75, 3.05) is 4.57 Å². The maximum absolute atomic E-state index is 2.78. The molecule has 0 N–H and O–H groups in total. The van der Waals surface area contributed by atoms with Crippen LogP contribution in [-0.2, 0) is 0 Å². The van der Waals surface area contributed by atoms with Crippen LogP contribution in [0.3, 0.4) is 0 Å². The van der Waals surface area contributed by atoms with Gasteiger partial charge >= 0.3 is 0 Å². The van der Waals surface area contributed by atoms with E-state index in [1.807, 2.05) is 0 Å². The lowest BCUT2D eigenvalue weighted by Gasteiger charge is -2.56. The Kier molecular flexibility index (Phi) is 3.34. The first-order chi connectivity index (χ1) is 8.57. The zero-order chi connectivity index (χ0) is 14.5. The minimum absolute atomic E-state index is 0.214. The van der Waals surface area contributed by atoms with Crippen molar-refractivity contribution < 1.29 is 0 Å². The van der Waals surface area contributed by atoms with Crippen molar-refractivity contribution in [3.05, 3.63) is 35.9 Å². The van der Waals surface area contributed by atoms with E-state index >= 15 is 0 Å². The van der Waals surface area contributed by atoms with Crippen LogP contribution >= 0.6 is 0 Å². The van der Waals surface area contributed by atoms with Gasteiger partial charge in [-0.25, -0.2) is 0 Å². The maximum Gasteiger partial charge on any atom is 0.148 e. The van der Waals surface area contributed by atoms with E-state index in [1.165, 1.54) is 11.3 Å². The van der Waals surface area contributed by atoms with E-state index < -0.39 is 16.3 Å². The summed E-state index contributed by atoms with van der Waals surface area (Å²) in [6.07, 6.45) is 4.81. The van der Waals surface area contributed by atoms with Gasteiger partial charge in [-0.3, -0.25) is 0 Å². The predicted molar refractivity (Wildman–Crippen MR) is 93.1 cm³/mol. The molecule has 2 rings (SSSR count). The van der Waals surface area contributed by atoms with Crippen LogP contribution < -0.4 is 4.57 Å². The fraction of sp³-hybridized carbons (Fsp3) is 0.500. The molecule has 0 aliphatic carbocycles. The number of anilines is 1. The Morgan fingerprint density at radius 1 is 0.947 bits per heavy atom. The highest BCUT2D eigenvalue weighted by Gasteiger charge is 2.48. The van der Waals surface area contributed by atoms with Crippen molar-refractivity contribution in [2.24, 2.45) is 0 Å². The number of rotatable bonds is 2. The highest BCUT2D eigenvalue weighted by atomic mass is 28.3. The lowest BCUT2D eigenvalue weighted by molar-refractivity contribution is 0.757. The van der Waals surface area contributed by atoms with Crippen LogP contribution in [0.1, 0.15) is 12.5 Å². The third kappa shape index (κ3) is 2.34. The molecule has 3 heteroatoms. The van der Waals surface area contributed by atoms with Crippen molar-refractivity contribution in [1.82, 2.24) is 0 Å². The monoisotopic (exact) mass is 289 g/mol. The summed E-state index contributed by atoms with van der Waals surface area (Å²) in [6.45, 7) is 17.3. The van der Waals surface area contributed by atoms with Gasteiger partial charge in [0.25, 0.3) is 0 Å². The molecule has 1 aliphatic heterocycles. The number of para-hydroxylation sites is 1. The Labute approximate surface area is 120 Å². The molecule has 1 aromatic rings. The average molecular weight is 290 g/mol. The highest BCUT2D eigenvalue weighted by Crippen LogP contribution is 2.42. The van der Waals surface area contributed by atoms with E-state index in [0.29, 0.717) is 0 Å². The normalized spacial score (nSPS) is 23.4. The van der Waals surface area contributed by atoms with Crippen molar-refractivity contribution in [3.8, 4) is 0 Å². The third-order valence-electron chi connectivity index (χ3n) is 4.42. The summed E-state index contributed by atoms with van der Waals surface area (Å²) in [5, 5.41) is 0.214. The minimum atomic E-state index is -1.44. The molecule has 1 atom stereocenters. The topological polar surface area (TPSA) is 3.24 Å². The predicted octanol–water partition coefficient (Wildman–Crippen LogP) is 4.99. The van der Waals surface area contributed by atoms with Gasteiger partial charge in [-0.1, -0.05) is 69.6 Å². The van der Waals surface area contributed by atoms with Gasteiger partial charge < -0.3 is 4.57 Å². The van der Waals surface area contributed by atoms with E-state index in [0.717, 1.165) is 0 Å². The second-order valence-corrected chi connectivity index (χ2v) is 18.1. The molecule has 1 aromatic carbocycles. The second kappa shape index (κ2) is 4.35. The summed E-state index contributed by atoms with van der Waals surface area (Å²) in [7, 11) is -2.78. The maximum atomic E-state index is 2.78. The van der Waals surface area contributed by atoms with Gasteiger partial charge in [-0.15, -0.1) is 0 Å². The largest absolute Gasteiger partial charge is 0.392 e. The molecule has 1 nitrogen and oxygen atoms in total. The van der Waals surface area contributed by atoms with Gasteiger partial charge in [-0.05, 0) is 18.6 Å². The highest BCUT2D eigenvalue weighted by molar-refractivity contribution is 6.87. The Morgan fingerprint density at radius 3 is 2.05 bits per heavy atom. The average Bonchev–Trinajstić information content (AvgIpc) is 2.25. The van der Waals surface area contributed by atoms with Gasteiger partial charge in [0.05, 0.1) is 8.07 Å². The van der Waals surface area contributed by atoms with E-state index in [1.54, 1.807) is 0 Å². The molecule has 1 aliphatic rings. The molecule has 0 saturated carbocycles. The minimum Gasteiger partial charge on any atom is -0.392 e. The molecule has 1 unspecified atom stereocenters. The summed E-state index contributed by atoms with van der Waals surface area (Å²) >= 11 is 0. The van der Waals surface area contributed by atoms with E-state index in [4.69, 9.17) is 0 Å². The van der Waals surface area contributed by atoms with Gasteiger partial charge in [0.15, 0.2) is 0 Å². The van der Waals surface area contributed by atoms with E-state index in [-0.39, 0.29) is 5.16 Å². The smallest absolute Gasteiger partial charge is 0.148 e. The van der Waals surface area contributed by atoms with Gasteiger partial charge in [0, 0.05) is 10.8 Å². The zero-order valence-corrected chi connectivity index (χ0v) is 15.4. The molecule has 0 fully saturated rings. The van der Waals surface area contributed by atoms with E-state index in [2.05, 4.69) is 87.2 Å². The summed E-state index contributed by atoms with van der Waals surface area (Å²) in [6, 6.07) is 8.86. The molecule has 0 bridgehead atoms. The van der Waals surface area contributed by atoms with Crippen LogP contribution in [-0.4, -0.2) is 21.5 Å². The Hall–Kier alpha value is -0.806. The third-order valence-corrected chi connectivity index (χ3v) is 10.1. The lowest BCUT2D eigenvalue weighted by atomic mass is 10.1. The fourth-order valence-corrected chi connectivity index (χ4v) is 8.83. The molecule has 0 spiro atoms. The number of hydrogen-bond donors (Lipinski definition) is 0. The van der Waals surface area contributed by atoms with Crippen molar-refractivity contribution in [2.45, 2.75) is 51.4 Å². The SMILES string of the molecule is CC1([Si](C)(C)C)C=Cc2ccccc2N1[Si](C)(C)C. The first-order valence-corrected chi connectivity index (χ1v) is 14.1. The first kappa shape index (κ1) is 14.6. The molecule has 0 aromatic heterocycles. The molecular formula is C16H27NSi2. The summed E-state index contributed by atoms with van der Waals surface area (Å²) in [5.41, 5.74) is 2.81. The van der Waals surface area contributed by atoms with Crippen LogP contribution in [0.5, 0.6) is 0 Å². The molecule has 1 heterocycles. The molecular weight excluding hydrogens is 262 g/mol. The van der Waals surface area contributed by atoms with Crippen LogP contribution in [0.25, 0.3) is 6.08 Å². The number of hydrogen-bond acceptors (Lipinski definition) is 1. The summed E-state index contributed by atoms with van der Waals surface area (Å²) in [4.78, 5) is 0. The Balaban J connectivity index is 2.68. The number of nitrogens with zero attached hydrogens (tertiary/aromatic N) is 1. The lowest BCUT2D eigenvalue weighted by Crippen LogP contribution is -2.68. The summed E-state index contributed by atoms with van der Waals surface area (Å²) < 4.78 is 2.78. The number of fused-ring (bicyclic) bond motifs is 1. The van der Waals surface area contributed by atoms with Crippen molar-refractivity contribution in [1.29, 1.82) is 0 Å². The fourth-order valence-electron chi connectivity index (χ4n) is 3.05. The van der Waals surface area contributed by atoms with Crippen LogP contribution in [0.15, 0.2) is 30.3 Å². The number of benzene rings is 1. The van der Waals surface area contributed by atoms with Crippen molar-refractivity contribution >= 4 is 28.1 Å². The van der Waals surface area contributed by atoms with Gasteiger partial charge in [0.1, 0.15) is 8.24 Å². The molecule has 0 saturated heterocycles. The molecule has 19 heavy (non-hydrogen) atoms. The van der Waals surface area contributed by atoms with E-state index in [9.17, 15) is 0 Å². The molecule has 0 radical (unpaired) electrons. The van der Waals surface area contributed by atoms with Crippen LogP contribution in [0.2, 0.25) is 39.3 Å². The zero-order valence-electron chi connectivity index (χ0n) is 13.4. The Bertz CT molecular complexity index is 508. The van der Waals surface area contributed by atoms with Gasteiger partial charge in [0.2, 0.25) is 0 Å². The van der Waals surface area contributed by atoms with Crippen molar-refractivity contribution in [3.63, 3.8) is 0 Å². The van der Waals surface area contributed by atoms with Crippen LogP contribution in [0, 0.1) is 0 Å². The quantitative estimate of drug-likeness (QED) is 0.693. The van der Waals surface area contributed by atoms with Crippen LogP contribution in [0.4, 0.5) is 5.69 Å². The molecule has 104 valence electrons. The Morgan fingerprint density at radius 2 is 1.53 bits per heavy atom. The molecule has 0 amide bonds. The van der Waals surface area contributed by atoms with Gasteiger partial charge in [-0.2, -0.15) is 0 Å². The standard InChI is InChI=1S/C16H27NSi2/c1-16(18(2,3)4)13-12-14-10-8-9-11-15(14)17(16)19(5,6)7/h8-13H,1-7H3. The second-order valence-electron chi connectivity index (χ2n) is 7.80.